The summed E-state index contributed by atoms with van der Waals surface area (Å²) in [5.74, 6) is 3.08. The first-order valence-corrected chi connectivity index (χ1v) is 13.4. The van der Waals surface area contributed by atoms with Gasteiger partial charge in [-0.3, -0.25) is 14.5 Å². The van der Waals surface area contributed by atoms with Crippen molar-refractivity contribution in [2.75, 3.05) is 20.2 Å². The first-order valence-electron chi connectivity index (χ1n) is 13.4. The molecule has 5 nitrogen and oxygen atoms in total. The molecule has 5 rings (SSSR count). The van der Waals surface area contributed by atoms with Crippen molar-refractivity contribution in [1.82, 2.24) is 10.2 Å². The van der Waals surface area contributed by atoms with E-state index in [4.69, 9.17) is 4.74 Å². The summed E-state index contributed by atoms with van der Waals surface area (Å²) in [6.45, 7) is 4.20. The number of rotatable bonds is 9. The number of fused-ring (bicyclic) bond motifs is 5. The zero-order chi connectivity index (χ0) is 23.7. The Morgan fingerprint density at radius 2 is 1.82 bits per heavy atom. The third-order valence-corrected chi connectivity index (χ3v) is 9.53. The Hall–Kier alpha value is -2.14. The number of hydrogen-bond acceptors (Lipinski definition) is 4. The second-order valence-corrected chi connectivity index (χ2v) is 11.2. The summed E-state index contributed by atoms with van der Waals surface area (Å²) in [7, 11) is 1.77. The van der Waals surface area contributed by atoms with Crippen molar-refractivity contribution < 1.29 is 14.3 Å². The van der Waals surface area contributed by atoms with Gasteiger partial charge in [0.05, 0.1) is 7.11 Å². The van der Waals surface area contributed by atoms with Crippen LogP contribution in [0.15, 0.2) is 30.4 Å². The van der Waals surface area contributed by atoms with Gasteiger partial charge >= 0.3 is 0 Å². The molecule has 1 N–H and O–H groups in total. The maximum atomic E-state index is 11.6. The van der Waals surface area contributed by atoms with Gasteiger partial charge in [0.2, 0.25) is 0 Å². The molecule has 5 heteroatoms. The standard InChI is InChI=1S/C29H40N2O3/c1-29-16-15-23-22-10-8-21(34-2)19-20(22)7-9-24(23)25(29)11-12-26(29)30-17-5-3-4-6-18-31-27(32)13-14-28(31)33/h8,10,13-14,19,23-26,30H,3-7,9,11-12,15-18H2,1-2H3/t23-,24+,25-,26?,29-/m0/s1. The molecular weight excluding hydrogens is 424 g/mol. The van der Waals surface area contributed by atoms with Crippen LogP contribution in [0.2, 0.25) is 0 Å². The molecule has 184 valence electrons. The van der Waals surface area contributed by atoms with E-state index in [9.17, 15) is 9.59 Å². The monoisotopic (exact) mass is 464 g/mol. The molecule has 34 heavy (non-hydrogen) atoms. The lowest BCUT2D eigenvalue weighted by Gasteiger charge is -2.51. The molecule has 0 aromatic heterocycles. The van der Waals surface area contributed by atoms with Gasteiger partial charge in [-0.25, -0.2) is 0 Å². The third kappa shape index (κ3) is 4.32. The van der Waals surface area contributed by atoms with Crippen molar-refractivity contribution in [3.05, 3.63) is 41.5 Å². The predicted molar refractivity (Wildman–Crippen MR) is 134 cm³/mol. The summed E-state index contributed by atoms with van der Waals surface area (Å²) in [4.78, 5) is 24.6. The molecule has 1 heterocycles. The molecule has 1 aliphatic heterocycles. The van der Waals surface area contributed by atoms with Gasteiger partial charge in [-0.05, 0) is 104 Å². The first-order chi connectivity index (χ1) is 16.5. The normalized spacial score (nSPS) is 32.0. The Morgan fingerprint density at radius 3 is 2.62 bits per heavy atom. The van der Waals surface area contributed by atoms with E-state index in [0.29, 0.717) is 18.0 Å². The number of carbonyl (C=O) groups excluding carboxylic acids is 2. The van der Waals surface area contributed by atoms with E-state index in [0.717, 1.165) is 49.3 Å². The molecule has 0 saturated heterocycles. The summed E-state index contributed by atoms with van der Waals surface area (Å²) in [5, 5.41) is 3.95. The van der Waals surface area contributed by atoms with E-state index in [1.165, 1.54) is 67.6 Å². The van der Waals surface area contributed by atoms with Crippen molar-refractivity contribution in [3.8, 4) is 5.75 Å². The number of carbonyl (C=O) groups is 2. The molecule has 0 radical (unpaired) electrons. The lowest BCUT2D eigenvalue weighted by molar-refractivity contribution is -0.136. The van der Waals surface area contributed by atoms with Crippen molar-refractivity contribution in [3.63, 3.8) is 0 Å². The number of ether oxygens (including phenoxy) is 1. The minimum atomic E-state index is -0.161. The van der Waals surface area contributed by atoms with Crippen LogP contribution in [0.1, 0.15) is 81.8 Å². The number of aryl methyl sites for hydroxylation is 1. The first kappa shape index (κ1) is 23.6. The Bertz CT molecular complexity index is 939. The van der Waals surface area contributed by atoms with Crippen LogP contribution in [0, 0.1) is 17.3 Å². The lowest BCUT2D eigenvalue weighted by Crippen LogP contribution is -2.48. The molecule has 0 bridgehead atoms. The Labute approximate surface area is 204 Å². The van der Waals surface area contributed by atoms with Gasteiger partial charge in [-0.1, -0.05) is 25.8 Å². The summed E-state index contributed by atoms with van der Waals surface area (Å²) >= 11 is 0. The van der Waals surface area contributed by atoms with Gasteiger partial charge in [0.25, 0.3) is 11.8 Å². The minimum absolute atomic E-state index is 0.161. The van der Waals surface area contributed by atoms with Gasteiger partial charge in [0.1, 0.15) is 5.75 Å². The van der Waals surface area contributed by atoms with Gasteiger partial charge in [-0.15, -0.1) is 0 Å². The highest BCUT2D eigenvalue weighted by Crippen LogP contribution is 2.61. The molecule has 1 aromatic rings. The van der Waals surface area contributed by atoms with Crippen LogP contribution >= 0.6 is 0 Å². The number of imide groups is 1. The van der Waals surface area contributed by atoms with E-state index in [1.54, 1.807) is 12.7 Å². The maximum absolute atomic E-state index is 11.6. The fourth-order valence-electron chi connectivity index (χ4n) is 7.70. The Kier molecular flexibility index (Phi) is 6.83. The van der Waals surface area contributed by atoms with Gasteiger partial charge in [0.15, 0.2) is 0 Å². The summed E-state index contributed by atoms with van der Waals surface area (Å²) in [6.07, 6.45) is 14.9. The largest absolute Gasteiger partial charge is 0.497 e. The second kappa shape index (κ2) is 9.85. The van der Waals surface area contributed by atoms with Crippen LogP contribution in [-0.2, 0) is 16.0 Å². The zero-order valence-corrected chi connectivity index (χ0v) is 20.9. The van der Waals surface area contributed by atoms with Crippen LogP contribution in [0.3, 0.4) is 0 Å². The minimum Gasteiger partial charge on any atom is -0.497 e. The van der Waals surface area contributed by atoms with E-state index in [2.05, 4.69) is 30.4 Å². The van der Waals surface area contributed by atoms with E-state index < -0.39 is 0 Å². The van der Waals surface area contributed by atoms with Gasteiger partial charge < -0.3 is 10.1 Å². The maximum Gasteiger partial charge on any atom is 0.253 e. The zero-order valence-electron chi connectivity index (χ0n) is 20.9. The quantitative estimate of drug-likeness (QED) is 0.413. The third-order valence-electron chi connectivity index (χ3n) is 9.53. The highest BCUT2D eigenvalue weighted by atomic mass is 16.5. The van der Waals surface area contributed by atoms with Crippen LogP contribution in [0.4, 0.5) is 0 Å². The lowest BCUT2D eigenvalue weighted by atomic mass is 9.55. The number of amides is 2. The number of nitrogens with one attached hydrogen (secondary N) is 1. The summed E-state index contributed by atoms with van der Waals surface area (Å²) in [5.41, 5.74) is 3.55. The van der Waals surface area contributed by atoms with Crippen molar-refractivity contribution >= 4 is 11.8 Å². The van der Waals surface area contributed by atoms with Crippen LogP contribution < -0.4 is 10.1 Å². The predicted octanol–water partition coefficient (Wildman–Crippen LogP) is 4.99. The van der Waals surface area contributed by atoms with Gasteiger partial charge in [0, 0.05) is 24.7 Å². The average molecular weight is 465 g/mol. The molecule has 1 aromatic carbocycles. The molecule has 3 aliphatic carbocycles. The molecule has 2 amide bonds. The fourth-order valence-corrected chi connectivity index (χ4v) is 7.70. The number of nitrogens with zero attached hydrogens (tertiary/aromatic N) is 1. The molecule has 2 saturated carbocycles. The topological polar surface area (TPSA) is 58.6 Å². The summed E-state index contributed by atoms with van der Waals surface area (Å²) < 4.78 is 5.48. The van der Waals surface area contributed by atoms with E-state index in [1.807, 2.05) is 0 Å². The SMILES string of the molecule is COc1ccc2c(c1)CC[C@@H]1[C@H]2CC[C@]2(C)C(NCCCCCCN3C(=O)C=CC3=O)CC[C@@H]12. The van der Waals surface area contributed by atoms with Crippen molar-refractivity contribution in [2.24, 2.45) is 17.3 Å². The van der Waals surface area contributed by atoms with E-state index >= 15 is 0 Å². The number of benzene rings is 1. The van der Waals surface area contributed by atoms with Gasteiger partial charge in [-0.2, -0.15) is 0 Å². The molecule has 5 atom stereocenters. The highest BCUT2D eigenvalue weighted by Gasteiger charge is 2.54. The summed E-state index contributed by atoms with van der Waals surface area (Å²) in [6, 6.07) is 7.42. The fraction of sp³-hybridized carbons (Fsp3) is 0.655. The van der Waals surface area contributed by atoms with Crippen molar-refractivity contribution in [2.45, 2.75) is 83.1 Å². The van der Waals surface area contributed by atoms with E-state index in [-0.39, 0.29) is 11.8 Å². The number of hydrogen-bond donors (Lipinski definition) is 1. The number of unbranched alkanes of at least 4 members (excludes halogenated alkanes) is 3. The molecule has 1 unspecified atom stereocenters. The smallest absolute Gasteiger partial charge is 0.253 e. The average Bonchev–Trinajstić information content (AvgIpc) is 3.36. The van der Waals surface area contributed by atoms with Crippen LogP contribution in [0.5, 0.6) is 5.75 Å². The Morgan fingerprint density at radius 1 is 1.03 bits per heavy atom. The molecule has 2 fully saturated rings. The number of methoxy groups -OCH3 is 1. The van der Waals surface area contributed by atoms with Crippen molar-refractivity contribution in [1.29, 1.82) is 0 Å². The molecule has 4 aliphatic rings. The molecule has 0 spiro atoms. The second-order valence-electron chi connectivity index (χ2n) is 11.2. The van der Waals surface area contributed by atoms with Crippen LogP contribution in [0.25, 0.3) is 0 Å². The highest BCUT2D eigenvalue weighted by molar-refractivity contribution is 6.12. The Balaban J connectivity index is 1.08. The molecular formula is C29H40N2O3. The van der Waals surface area contributed by atoms with Crippen LogP contribution in [-0.4, -0.2) is 43.0 Å².